The van der Waals surface area contributed by atoms with Gasteiger partial charge in [0.15, 0.2) is 24.2 Å². The van der Waals surface area contributed by atoms with E-state index >= 15 is 0 Å². The molecule has 1 atom stereocenters. The van der Waals surface area contributed by atoms with Crippen molar-refractivity contribution < 1.29 is 23.8 Å². The first-order valence-electron chi connectivity index (χ1n) is 8.63. The molecule has 0 radical (unpaired) electrons. The highest BCUT2D eigenvalue weighted by Gasteiger charge is 2.19. The van der Waals surface area contributed by atoms with Crippen molar-refractivity contribution >= 4 is 35.2 Å². The van der Waals surface area contributed by atoms with Crippen LogP contribution in [0, 0.1) is 0 Å². The van der Waals surface area contributed by atoms with E-state index in [4.69, 9.17) is 25.8 Å². The normalized spacial score (nSPS) is 11.7. The zero-order chi connectivity index (χ0) is 20.5. The summed E-state index contributed by atoms with van der Waals surface area (Å²) in [7, 11) is 1.51. The molecule has 7 heteroatoms. The van der Waals surface area contributed by atoms with E-state index in [1.807, 2.05) is 25.1 Å². The van der Waals surface area contributed by atoms with Gasteiger partial charge in [0.2, 0.25) is 0 Å². The number of amides is 1. The fourth-order valence-corrected chi connectivity index (χ4v) is 2.50. The number of ether oxygens (including phenoxy) is 3. The first-order chi connectivity index (χ1) is 13.4. The predicted molar refractivity (Wildman–Crippen MR) is 109 cm³/mol. The van der Waals surface area contributed by atoms with E-state index < -0.39 is 18.0 Å². The fourth-order valence-electron chi connectivity index (χ4n) is 2.32. The van der Waals surface area contributed by atoms with E-state index in [0.717, 1.165) is 5.56 Å². The van der Waals surface area contributed by atoms with Crippen LogP contribution in [0.25, 0.3) is 6.08 Å². The van der Waals surface area contributed by atoms with Crippen LogP contribution in [0.4, 0.5) is 5.69 Å². The standard InChI is InChI=1S/C21H22ClNO5/c1-4-7-15-10-11-18(19(12-15)26-3)27-13-20(24)28-14(2)21(25)23-17-9-6-5-8-16(17)22/h4-12,14H,13H2,1-3H3,(H,23,25)/b7-4+. The number of para-hydroxylation sites is 1. The van der Waals surface area contributed by atoms with Gasteiger partial charge in [0.05, 0.1) is 17.8 Å². The minimum Gasteiger partial charge on any atom is -0.493 e. The average Bonchev–Trinajstić information content (AvgIpc) is 2.68. The molecule has 0 saturated heterocycles. The minimum atomic E-state index is -1.01. The maximum atomic E-state index is 12.2. The number of halogens is 1. The molecule has 0 fully saturated rings. The zero-order valence-corrected chi connectivity index (χ0v) is 16.7. The molecule has 6 nitrogen and oxygen atoms in total. The lowest BCUT2D eigenvalue weighted by Crippen LogP contribution is -2.31. The summed E-state index contributed by atoms with van der Waals surface area (Å²) in [5.41, 5.74) is 1.39. The molecule has 0 aromatic heterocycles. The van der Waals surface area contributed by atoms with Crippen molar-refractivity contribution in [2.75, 3.05) is 19.0 Å². The van der Waals surface area contributed by atoms with Gasteiger partial charge in [-0.3, -0.25) is 4.79 Å². The number of anilines is 1. The van der Waals surface area contributed by atoms with Crippen LogP contribution in [0.1, 0.15) is 19.4 Å². The molecule has 0 bridgehead atoms. The minimum absolute atomic E-state index is 0.358. The first kappa shape index (κ1) is 21.3. The Morgan fingerprint density at radius 2 is 1.93 bits per heavy atom. The van der Waals surface area contributed by atoms with Crippen LogP contribution in [0.2, 0.25) is 5.02 Å². The maximum Gasteiger partial charge on any atom is 0.344 e. The van der Waals surface area contributed by atoms with Gasteiger partial charge in [0.25, 0.3) is 5.91 Å². The number of esters is 1. The van der Waals surface area contributed by atoms with Crippen molar-refractivity contribution in [1.82, 2.24) is 0 Å². The molecular weight excluding hydrogens is 382 g/mol. The molecule has 0 aliphatic carbocycles. The molecule has 0 heterocycles. The van der Waals surface area contributed by atoms with Gasteiger partial charge in [-0.1, -0.05) is 42.0 Å². The van der Waals surface area contributed by atoms with Crippen LogP contribution < -0.4 is 14.8 Å². The largest absolute Gasteiger partial charge is 0.493 e. The molecule has 1 amide bonds. The lowest BCUT2D eigenvalue weighted by molar-refractivity contribution is -0.155. The first-order valence-corrected chi connectivity index (χ1v) is 9.00. The summed E-state index contributed by atoms with van der Waals surface area (Å²) >= 11 is 6.00. The number of hydrogen-bond donors (Lipinski definition) is 1. The van der Waals surface area contributed by atoms with Crippen LogP contribution in [0.15, 0.2) is 48.5 Å². The Balaban J connectivity index is 1.89. The summed E-state index contributed by atoms with van der Waals surface area (Å²) in [5, 5.41) is 3.00. The third-order valence-electron chi connectivity index (χ3n) is 3.70. The van der Waals surface area contributed by atoms with E-state index in [1.54, 1.807) is 36.4 Å². The van der Waals surface area contributed by atoms with Crippen LogP contribution >= 0.6 is 11.6 Å². The zero-order valence-electron chi connectivity index (χ0n) is 15.9. The van der Waals surface area contributed by atoms with Crippen molar-refractivity contribution in [2.45, 2.75) is 20.0 Å². The number of carbonyl (C=O) groups is 2. The summed E-state index contributed by atoms with van der Waals surface area (Å²) < 4.78 is 15.8. The topological polar surface area (TPSA) is 73.9 Å². The van der Waals surface area contributed by atoms with Gasteiger partial charge in [-0.05, 0) is 43.7 Å². The highest BCUT2D eigenvalue weighted by atomic mass is 35.5. The van der Waals surface area contributed by atoms with Gasteiger partial charge in [0.1, 0.15) is 0 Å². The molecule has 2 aromatic rings. The lowest BCUT2D eigenvalue weighted by Gasteiger charge is -2.15. The van der Waals surface area contributed by atoms with Gasteiger partial charge in [0, 0.05) is 0 Å². The van der Waals surface area contributed by atoms with Gasteiger partial charge < -0.3 is 19.5 Å². The highest BCUT2D eigenvalue weighted by molar-refractivity contribution is 6.33. The second kappa shape index (κ2) is 10.4. The molecule has 0 aliphatic heterocycles. The van der Waals surface area contributed by atoms with Crippen molar-refractivity contribution in [3.8, 4) is 11.5 Å². The maximum absolute atomic E-state index is 12.2. The Morgan fingerprint density at radius 3 is 2.61 bits per heavy atom. The molecule has 148 valence electrons. The number of nitrogens with one attached hydrogen (secondary N) is 1. The molecule has 2 aromatic carbocycles. The smallest absolute Gasteiger partial charge is 0.344 e. The molecule has 1 N–H and O–H groups in total. The van der Waals surface area contributed by atoms with Crippen LogP contribution in [0.5, 0.6) is 11.5 Å². The van der Waals surface area contributed by atoms with Crippen LogP contribution in [-0.2, 0) is 14.3 Å². The van der Waals surface area contributed by atoms with Crippen molar-refractivity contribution in [3.63, 3.8) is 0 Å². The van der Waals surface area contributed by atoms with Crippen LogP contribution in [-0.4, -0.2) is 31.7 Å². The second-order valence-corrected chi connectivity index (χ2v) is 6.21. The lowest BCUT2D eigenvalue weighted by atomic mass is 10.2. The van der Waals surface area contributed by atoms with Crippen LogP contribution in [0.3, 0.4) is 0 Å². The second-order valence-electron chi connectivity index (χ2n) is 5.80. The van der Waals surface area contributed by atoms with E-state index in [1.165, 1.54) is 14.0 Å². The Labute approximate surface area is 169 Å². The molecule has 28 heavy (non-hydrogen) atoms. The molecular formula is C21H22ClNO5. The quantitative estimate of drug-likeness (QED) is 0.664. The van der Waals surface area contributed by atoms with Gasteiger partial charge >= 0.3 is 5.97 Å². The molecule has 0 saturated carbocycles. The summed E-state index contributed by atoms with van der Waals surface area (Å²) in [6.07, 6.45) is 2.81. The van der Waals surface area contributed by atoms with E-state index in [2.05, 4.69) is 5.32 Å². The Hall–Kier alpha value is -2.99. The number of benzene rings is 2. The summed E-state index contributed by atoms with van der Waals surface area (Å²) in [4.78, 5) is 24.2. The fraction of sp³-hybridized carbons (Fsp3) is 0.238. The SMILES string of the molecule is C/C=C/c1ccc(OCC(=O)OC(C)C(=O)Nc2ccccc2Cl)c(OC)c1. The number of allylic oxidation sites excluding steroid dienone is 1. The van der Waals surface area contributed by atoms with Crippen molar-refractivity contribution in [2.24, 2.45) is 0 Å². The summed E-state index contributed by atoms with van der Waals surface area (Å²) in [6, 6.07) is 12.1. The number of rotatable bonds is 8. The Kier molecular flexibility index (Phi) is 7.89. The number of hydrogen-bond acceptors (Lipinski definition) is 5. The molecule has 0 spiro atoms. The monoisotopic (exact) mass is 403 g/mol. The highest BCUT2D eigenvalue weighted by Crippen LogP contribution is 2.28. The van der Waals surface area contributed by atoms with Gasteiger partial charge in [-0.2, -0.15) is 0 Å². The van der Waals surface area contributed by atoms with E-state index in [-0.39, 0.29) is 6.61 Å². The molecule has 0 aliphatic rings. The summed E-state index contributed by atoms with van der Waals surface area (Å²) in [5.74, 6) is -0.273. The van der Waals surface area contributed by atoms with Gasteiger partial charge in [-0.15, -0.1) is 0 Å². The number of methoxy groups -OCH3 is 1. The third-order valence-corrected chi connectivity index (χ3v) is 4.03. The summed E-state index contributed by atoms with van der Waals surface area (Å²) in [6.45, 7) is 3.02. The van der Waals surface area contributed by atoms with Crippen molar-refractivity contribution in [1.29, 1.82) is 0 Å². The third kappa shape index (κ3) is 6.03. The Bertz CT molecular complexity index is 866. The number of carbonyl (C=O) groups excluding carboxylic acids is 2. The average molecular weight is 404 g/mol. The van der Waals surface area contributed by atoms with Gasteiger partial charge in [-0.25, -0.2) is 4.79 Å². The molecule has 2 rings (SSSR count). The predicted octanol–water partition coefficient (Wildman–Crippen LogP) is 4.33. The molecule has 1 unspecified atom stereocenters. The van der Waals surface area contributed by atoms with E-state index in [9.17, 15) is 9.59 Å². The van der Waals surface area contributed by atoms with E-state index in [0.29, 0.717) is 22.2 Å². The van der Waals surface area contributed by atoms with Crippen molar-refractivity contribution in [3.05, 3.63) is 59.1 Å². The Morgan fingerprint density at radius 1 is 1.18 bits per heavy atom.